The van der Waals surface area contributed by atoms with E-state index in [1.54, 1.807) is 23.7 Å². The zero-order valence-electron chi connectivity index (χ0n) is 6.84. The average molecular weight is 192 g/mol. The maximum absolute atomic E-state index is 5.50. The quantitative estimate of drug-likeness (QED) is 0.774. The van der Waals surface area contributed by atoms with Gasteiger partial charge in [-0.3, -0.25) is 4.98 Å². The zero-order chi connectivity index (χ0) is 9.10. The van der Waals surface area contributed by atoms with Crippen LogP contribution in [-0.4, -0.2) is 15.0 Å². The van der Waals surface area contributed by atoms with Gasteiger partial charge in [-0.05, 0) is 0 Å². The summed E-state index contributed by atoms with van der Waals surface area (Å²) in [6, 6.07) is 0. The highest BCUT2D eigenvalue weighted by Crippen LogP contribution is 2.09. The summed E-state index contributed by atoms with van der Waals surface area (Å²) in [5.41, 5.74) is 6.35. The van der Waals surface area contributed by atoms with Crippen molar-refractivity contribution in [3.05, 3.63) is 34.7 Å². The molecule has 0 atom stereocenters. The highest BCUT2D eigenvalue weighted by molar-refractivity contribution is 7.09. The van der Waals surface area contributed by atoms with Gasteiger partial charge in [-0.1, -0.05) is 0 Å². The number of nitrogens with two attached hydrogens (primary N) is 1. The fraction of sp³-hybridized carbons (Fsp3) is 0.125. The normalized spacial score (nSPS) is 10.2. The number of thiazole rings is 1. The van der Waals surface area contributed by atoms with Crippen molar-refractivity contribution in [3.8, 4) is 0 Å². The Morgan fingerprint density at radius 2 is 2.31 bits per heavy atom. The van der Waals surface area contributed by atoms with Crippen LogP contribution in [0.5, 0.6) is 0 Å². The summed E-state index contributed by atoms with van der Waals surface area (Å²) in [4.78, 5) is 12.2. The lowest BCUT2D eigenvalue weighted by Crippen LogP contribution is -1.97. The molecule has 0 radical (unpaired) electrons. The molecular weight excluding hydrogens is 184 g/mol. The number of hydrogen-bond donors (Lipinski definition) is 1. The van der Waals surface area contributed by atoms with Gasteiger partial charge < -0.3 is 5.73 Å². The molecule has 2 heterocycles. The first-order valence-corrected chi connectivity index (χ1v) is 4.67. The lowest BCUT2D eigenvalue weighted by molar-refractivity contribution is 1.02. The van der Waals surface area contributed by atoms with E-state index >= 15 is 0 Å². The van der Waals surface area contributed by atoms with Gasteiger partial charge in [0.2, 0.25) is 0 Å². The van der Waals surface area contributed by atoms with Crippen LogP contribution in [0, 0.1) is 0 Å². The van der Waals surface area contributed by atoms with Gasteiger partial charge in [0.1, 0.15) is 5.82 Å². The number of rotatable bonds is 2. The van der Waals surface area contributed by atoms with Crippen molar-refractivity contribution < 1.29 is 0 Å². The van der Waals surface area contributed by atoms with Crippen LogP contribution in [-0.2, 0) is 6.42 Å². The Labute approximate surface area is 79.5 Å². The van der Waals surface area contributed by atoms with E-state index in [4.69, 9.17) is 5.73 Å². The monoisotopic (exact) mass is 192 g/mol. The van der Waals surface area contributed by atoms with E-state index < -0.39 is 0 Å². The van der Waals surface area contributed by atoms with E-state index in [-0.39, 0.29) is 0 Å². The van der Waals surface area contributed by atoms with Crippen molar-refractivity contribution in [2.24, 2.45) is 0 Å². The second kappa shape index (κ2) is 3.49. The van der Waals surface area contributed by atoms with Crippen LogP contribution in [0.15, 0.2) is 24.0 Å². The molecule has 0 spiro atoms. The van der Waals surface area contributed by atoms with E-state index in [0.29, 0.717) is 12.2 Å². The van der Waals surface area contributed by atoms with Gasteiger partial charge in [-0.15, -0.1) is 11.3 Å². The van der Waals surface area contributed by atoms with Gasteiger partial charge in [-0.2, -0.15) is 0 Å². The highest BCUT2D eigenvalue weighted by atomic mass is 32.1. The minimum atomic E-state index is 0.453. The topological polar surface area (TPSA) is 64.7 Å². The third kappa shape index (κ3) is 2.00. The molecule has 2 aromatic heterocycles. The number of anilines is 1. The molecule has 2 aromatic rings. The summed E-state index contributed by atoms with van der Waals surface area (Å²) in [7, 11) is 0. The number of aromatic nitrogens is 3. The molecule has 0 aliphatic carbocycles. The molecule has 0 aliphatic rings. The Balaban J connectivity index is 2.19. The van der Waals surface area contributed by atoms with Crippen molar-refractivity contribution in [3.63, 3.8) is 0 Å². The minimum absolute atomic E-state index is 0.453. The first-order chi connectivity index (χ1) is 6.34. The Bertz CT molecular complexity index is 385. The molecule has 0 saturated heterocycles. The molecule has 4 nitrogen and oxygen atoms in total. The lowest BCUT2D eigenvalue weighted by Gasteiger charge is -1.96. The van der Waals surface area contributed by atoms with Crippen LogP contribution in [0.1, 0.15) is 10.7 Å². The predicted octanol–water partition coefficient (Wildman–Crippen LogP) is 1.11. The molecule has 0 bridgehead atoms. The highest BCUT2D eigenvalue weighted by Gasteiger charge is 2.00. The summed E-state index contributed by atoms with van der Waals surface area (Å²) in [6.07, 6.45) is 5.72. The van der Waals surface area contributed by atoms with Crippen LogP contribution < -0.4 is 5.73 Å². The summed E-state index contributed by atoms with van der Waals surface area (Å²) in [5, 5.41) is 2.97. The maximum atomic E-state index is 5.50. The second-order valence-corrected chi connectivity index (χ2v) is 3.52. The molecule has 2 rings (SSSR count). The summed E-state index contributed by atoms with van der Waals surface area (Å²) in [5.74, 6) is 0.453. The van der Waals surface area contributed by atoms with E-state index in [9.17, 15) is 0 Å². The SMILES string of the molecule is Nc1cncc(Cc2nccs2)n1. The maximum Gasteiger partial charge on any atom is 0.142 e. The molecule has 13 heavy (non-hydrogen) atoms. The molecular formula is C8H8N4S. The lowest BCUT2D eigenvalue weighted by atomic mass is 10.3. The van der Waals surface area contributed by atoms with E-state index in [2.05, 4.69) is 15.0 Å². The fourth-order valence-corrected chi connectivity index (χ4v) is 1.64. The van der Waals surface area contributed by atoms with Crippen molar-refractivity contribution in [2.45, 2.75) is 6.42 Å². The van der Waals surface area contributed by atoms with Crippen LogP contribution >= 0.6 is 11.3 Å². The Hall–Kier alpha value is -1.49. The average Bonchev–Trinajstić information content (AvgIpc) is 2.57. The number of hydrogen-bond acceptors (Lipinski definition) is 5. The van der Waals surface area contributed by atoms with Crippen LogP contribution in [0.25, 0.3) is 0 Å². The molecule has 66 valence electrons. The zero-order valence-corrected chi connectivity index (χ0v) is 7.66. The van der Waals surface area contributed by atoms with Crippen LogP contribution in [0.3, 0.4) is 0 Å². The van der Waals surface area contributed by atoms with Crippen molar-refractivity contribution in [1.29, 1.82) is 0 Å². The molecule has 0 saturated carbocycles. The largest absolute Gasteiger partial charge is 0.382 e. The standard InChI is InChI=1S/C8H8N4S/c9-7-5-10-4-6(12-7)3-8-11-1-2-13-8/h1-2,4-5H,3H2,(H2,9,12). The smallest absolute Gasteiger partial charge is 0.142 e. The summed E-state index contributed by atoms with van der Waals surface area (Å²) in [6.45, 7) is 0. The van der Waals surface area contributed by atoms with Crippen molar-refractivity contribution in [2.75, 3.05) is 5.73 Å². The van der Waals surface area contributed by atoms with Crippen LogP contribution in [0.2, 0.25) is 0 Å². The van der Waals surface area contributed by atoms with Crippen LogP contribution in [0.4, 0.5) is 5.82 Å². The molecule has 0 aromatic carbocycles. The molecule has 2 N–H and O–H groups in total. The minimum Gasteiger partial charge on any atom is -0.382 e. The van der Waals surface area contributed by atoms with Gasteiger partial charge in [0, 0.05) is 24.2 Å². The Morgan fingerprint density at radius 3 is 3.00 bits per heavy atom. The molecule has 0 unspecified atom stereocenters. The molecule has 0 aliphatic heterocycles. The third-order valence-electron chi connectivity index (χ3n) is 1.52. The molecule has 5 heteroatoms. The Morgan fingerprint density at radius 1 is 1.38 bits per heavy atom. The third-order valence-corrected chi connectivity index (χ3v) is 2.30. The predicted molar refractivity (Wildman–Crippen MR) is 51.4 cm³/mol. The van der Waals surface area contributed by atoms with E-state index in [1.165, 1.54) is 6.20 Å². The molecule has 0 amide bonds. The first-order valence-electron chi connectivity index (χ1n) is 3.79. The van der Waals surface area contributed by atoms with Crippen molar-refractivity contribution >= 4 is 17.2 Å². The summed E-state index contributed by atoms with van der Waals surface area (Å²) >= 11 is 1.60. The van der Waals surface area contributed by atoms with Gasteiger partial charge in [0.25, 0.3) is 0 Å². The first kappa shape index (κ1) is 8.12. The second-order valence-electron chi connectivity index (χ2n) is 2.54. The fourth-order valence-electron chi connectivity index (χ4n) is 1.00. The Kier molecular flexibility index (Phi) is 2.18. The van der Waals surface area contributed by atoms with Gasteiger partial charge >= 0.3 is 0 Å². The van der Waals surface area contributed by atoms with Gasteiger partial charge in [0.05, 0.1) is 16.9 Å². The van der Waals surface area contributed by atoms with Crippen molar-refractivity contribution in [1.82, 2.24) is 15.0 Å². The number of nitrogen functional groups attached to an aromatic ring is 1. The van der Waals surface area contributed by atoms with Gasteiger partial charge in [0.15, 0.2) is 0 Å². The summed E-state index contributed by atoms with van der Waals surface area (Å²) < 4.78 is 0. The number of nitrogens with zero attached hydrogens (tertiary/aromatic N) is 3. The van der Waals surface area contributed by atoms with Gasteiger partial charge in [-0.25, -0.2) is 9.97 Å². The van der Waals surface area contributed by atoms with E-state index in [0.717, 1.165) is 10.7 Å². The molecule has 0 fully saturated rings. The van der Waals surface area contributed by atoms with E-state index in [1.807, 2.05) is 5.38 Å².